The smallest absolute Gasteiger partial charge is 0.135 e. The van der Waals surface area contributed by atoms with Gasteiger partial charge in [-0.25, -0.2) is 9.37 Å². The summed E-state index contributed by atoms with van der Waals surface area (Å²) in [6.45, 7) is 1.19. The molecule has 0 radical (unpaired) electrons. The second-order valence-corrected chi connectivity index (χ2v) is 8.78. The van der Waals surface area contributed by atoms with Gasteiger partial charge in [0.1, 0.15) is 29.4 Å². The first-order valence-corrected chi connectivity index (χ1v) is 11.5. The third kappa shape index (κ3) is 4.07. The maximum absolute atomic E-state index is 14.5. The predicted molar refractivity (Wildman–Crippen MR) is 136 cm³/mol. The summed E-state index contributed by atoms with van der Waals surface area (Å²) in [7, 11) is 3.93. The van der Waals surface area contributed by atoms with Crippen LogP contribution < -0.4 is 4.74 Å². The van der Waals surface area contributed by atoms with Gasteiger partial charge in [0.15, 0.2) is 0 Å². The van der Waals surface area contributed by atoms with E-state index in [9.17, 15) is 4.39 Å². The summed E-state index contributed by atoms with van der Waals surface area (Å²) in [6.07, 6.45) is 5.23. The van der Waals surface area contributed by atoms with Gasteiger partial charge in [-0.1, -0.05) is 0 Å². The number of halogens is 1. The number of ether oxygens (including phenoxy) is 1. The fourth-order valence-electron chi connectivity index (χ4n) is 4.18. The molecule has 0 fully saturated rings. The van der Waals surface area contributed by atoms with Crippen molar-refractivity contribution >= 4 is 21.9 Å². The lowest BCUT2D eigenvalue weighted by Crippen LogP contribution is -2.19. The fourth-order valence-corrected chi connectivity index (χ4v) is 4.18. The van der Waals surface area contributed by atoms with E-state index in [-0.39, 0.29) is 5.82 Å². The average molecular weight is 483 g/mol. The number of benzene rings is 1. The molecular formula is C26H23FN8O. The van der Waals surface area contributed by atoms with Gasteiger partial charge >= 0.3 is 0 Å². The molecule has 36 heavy (non-hydrogen) atoms. The SMILES string of the molecule is CN(C)CCOc1cc(F)cc(-c2nccc3[nH]c(-c4n[nH]c5ccc(-c6cn[nH]c6)nc45)cc23)c1. The summed E-state index contributed by atoms with van der Waals surface area (Å²) in [6, 6.07) is 12.4. The Morgan fingerprint density at radius 2 is 1.92 bits per heavy atom. The number of rotatable bonds is 7. The number of nitrogens with one attached hydrogen (secondary N) is 3. The van der Waals surface area contributed by atoms with Crippen molar-refractivity contribution in [1.82, 2.24) is 40.2 Å². The fraction of sp³-hybridized carbons (Fsp3) is 0.154. The van der Waals surface area contributed by atoms with E-state index >= 15 is 0 Å². The number of aromatic nitrogens is 7. The van der Waals surface area contributed by atoms with Crippen LogP contribution in [0.4, 0.5) is 4.39 Å². The van der Waals surface area contributed by atoms with Crippen LogP contribution in [-0.2, 0) is 0 Å². The topological polar surface area (TPSA) is 111 Å². The van der Waals surface area contributed by atoms with Gasteiger partial charge in [0.25, 0.3) is 0 Å². The molecule has 0 amide bonds. The van der Waals surface area contributed by atoms with Crippen LogP contribution in [0.2, 0.25) is 0 Å². The van der Waals surface area contributed by atoms with E-state index in [1.165, 1.54) is 12.1 Å². The number of nitrogens with zero attached hydrogens (tertiary/aromatic N) is 5. The molecule has 3 N–H and O–H groups in total. The summed E-state index contributed by atoms with van der Waals surface area (Å²) in [4.78, 5) is 14.8. The van der Waals surface area contributed by atoms with Crippen molar-refractivity contribution in [3.8, 4) is 39.7 Å². The van der Waals surface area contributed by atoms with Crippen molar-refractivity contribution in [2.24, 2.45) is 0 Å². The first kappa shape index (κ1) is 21.9. The molecule has 0 aliphatic heterocycles. The highest BCUT2D eigenvalue weighted by Crippen LogP contribution is 2.34. The van der Waals surface area contributed by atoms with Crippen LogP contribution >= 0.6 is 0 Å². The highest BCUT2D eigenvalue weighted by molar-refractivity contribution is 5.99. The minimum absolute atomic E-state index is 0.379. The predicted octanol–water partition coefficient (Wildman–Crippen LogP) is 4.64. The van der Waals surface area contributed by atoms with Crippen molar-refractivity contribution in [2.45, 2.75) is 0 Å². The number of pyridine rings is 2. The number of likely N-dealkylation sites (N-methyl/N-ethyl adjacent to an activating group) is 1. The maximum Gasteiger partial charge on any atom is 0.135 e. The molecule has 0 unspecified atom stereocenters. The first-order valence-electron chi connectivity index (χ1n) is 11.5. The standard InChI is InChI=1S/C26H23FN8O/c1-35(2)7-8-36-18-10-15(9-17(27)11-18)24-19-12-23(31-21(19)5-6-28-24)26-25-22(33-34-26)4-3-20(32-25)16-13-29-30-14-16/h3-6,9-14,31H,7-8H2,1-2H3,(H,29,30)(H,33,34). The lowest BCUT2D eigenvalue weighted by molar-refractivity contribution is 0.260. The molecule has 0 aliphatic carbocycles. The Hall–Kier alpha value is -4.57. The van der Waals surface area contributed by atoms with Crippen LogP contribution in [0.5, 0.6) is 5.75 Å². The largest absolute Gasteiger partial charge is 0.492 e. The third-order valence-corrected chi connectivity index (χ3v) is 5.96. The summed E-state index contributed by atoms with van der Waals surface area (Å²) >= 11 is 0. The Labute approximate surface area is 205 Å². The molecule has 0 spiro atoms. The van der Waals surface area contributed by atoms with Crippen molar-refractivity contribution < 1.29 is 9.13 Å². The molecule has 0 bridgehead atoms. The van der Waals surface area contributed by atoms with Crippen LogP contribution in [0, 0.1) is 5.82 Å². The molecule has 0 atom stereocenters. The monoisotopic (exact) mass is 482 g/mol. The van der Waals surface area contributed by atoms with E-state index in [1.54, 1.807) is 18.6 Å². The summed E-state index contributed by atoms with van der Waals surface area (Å²) in [5.41, 5.74) is 6.84. The molecule has 1 aromatic carbocycles. The molecule has 0 saturated heterocycles. The average Bonchev–Trinajstić information content (AvgIpc) is 3.62. The van der Waals surface area contributed by atoms with Crippen LogP contribution in [0.25, 0.3) is 55.8 Å². The normalized spacial score (nSPS) is 11.7. The molecule has 9 nitrogen and oxygen atoms in total. The molecule has 0 aliphatic rings. The Balaban J connectivity index is 1.41. The van der Waals surface area contributed by atoms with E-state index in [4.69, 9.17) is 9.72 Å². The van der Waals surface area contributed by atoms with Gasteiger partial charge in [-0.2, -0.15) is 10.2 Å². The van der Waals surface area contributed by atoms with Gasteiger partial charge in [0.2, 0.25) is 0 Å². The van der Waals surface area contributed by atoms with E-state index in [1.807, 2.05) is 49.3 Å². The van der Waals surface area contributed by atoms with E-state index < -0.39 is 0 Å². The van der Waals surface area contributed by atoms with Crippen molar-refractivity contribution in [3.05, 3.63) is 66.9 Å². The Bertz CT molecular complexity index is 1670. The summed E-state index contributed by atoms with van der Waals surface area (Å²) < 4.78 is 20.3. The van der Waals surface area contributed by atoms with Crippen LogP contribution in [0.1, 0.15) is 0 Å². The molecule has 180 valence electrons. The minimum Gasteiger partial charge on any atom is -0.492 e. The Morgan fingerprint density at radius 3 is 2.75 bits per heavy atom. The molecule has 5 aromatic heterocycles. The zero-order valence-electron chi connectivity index (χ0n) is 19.7. The number of hydrogen-bond donors (Lipinski definition) is 3. The highest BCUT2D eigenvalue weighted by Gasteiger charge is 2.17. The lowest BCUT2D eigenvalue weighted by Gasteiger charge is -2.12. The minimum atomic E-state index is -0.379. The van der Waals surface area contributed by atoms with E-state index in [0.29, 0.717) is 29.3 Å². The van der Waals surface area contributed by atoms with Gasteiger partial charge in [-0.05, 0) is 50.5 Å². The van der Waals surface area contributed by atoms with Gasteiger partial charge in [0, 0.05) is 47.0 Å². The van der Waals surface area contributed by atoms with Crippen molar-refractivity contribution in [2.75, 3.05) is 27.2 Å². The molecule has 6 rings (SSSR count). The Morgan fingerprint density at radius 1 is 1.00 bits per heavy atom. The first-order chi connectivity index (χ1) is 17.5. The maximum atomic E-state index is 14.5. The van der Waals surface area contributed by atoms with Gasteiger partial charge in [-0.3, -0.25) is 15.2 Å². The van der Waals surface area contributed by atoms with Gasteiger partial charge in [0.05, 0.1) is 28.8 Å². The molecule has 0 saturated carbocycles. The lowest BCUT2D eigenvalue weighted by atomic mass is 10.1. The van der Waals surface area contributed by atoms with Crippen molar-refractivity contribution in [3.63, 3.8) is 0 Å². The second-order valence-electron chi connectivity index (χ2n) is 8.78. The number of H-pyrrole nitrogens is 3. The number of fused-ring (bicyclic) bond motifs is 2. The summed E-state index contributed by atoms with van der Waals surface area (Å²) in [5, 5.41) is 15.2. The summed E-state index contributed by atoms with van der Waals surface area (Å²) in [5.74, 6) is 0.0897. The third-order valence-electron chi connectivity index (χ3n) is 5.96. The number of hydrogen-bond acceptors (Lipinski definition) is 6. The number of aromatic amines is 3. The van der Waals surface area contributed by atoms with Crippen LogP contribution in [-0.4, -0.2) is 67.5 Å². The molecule has 6 aromatic rings. The van der Waals surface area contributed by atoms with Gasteiger partial charge < -0.3 is 14.6 Å². The zero-order chi connectivity index (χ0) is 24.6. The van der Waals surface area contributed by atoms with Crippen molar-refractivity contribution in [1.29, 1.82) is 0 Å². The molecule has 5 heterocycles. The Kier molecular flexibility index (Phi) is 5.42. The van der Waals surface area contributed by atoms with E-state index in [2.05, 4.69) is 30.4 Å². The second kappa shape index (κ2) is 8.90. The molecule has 10 heteroatoms. The van der Waals surface area contributed by atoms with E-state index in [0.717, 1.165) is 45.4 Å². The molecular weight excluding hydrogens is 459 g/mol. The quantitative estimate of drug-likeness (QED) is 0.306. The van der Waals surface area contributed by atoms with Crippen LogP contribution in [0.3, 0.4) is 0 Å². The zero-order valence-corrected chi connectivity index (χ0v) is 19.7. The van der Waals surface area contributed by atoms with Crippen LogP contribution in [0.15, 0.2) is 61.1 Å². The van der Waals surface area contributed by atoms with Gasteiger partial charge in [-0.15, -0.1) is 0 Å². The highest BCUT2D eigenvalue weighted by atomic mass is 19.1.